The molecule has 1 saturated heterocycles. The second-order valence-electron chi connectivity index (χ2n) is 8.29. The van der Waals surface area contributed by atoms with Gasteiger partial charge in [-0.3, -0.25) is 9.36 Å². The van der Waals surface area contributed by atoms with E-state index in [-0.39, 0.29) is 23.8 Å². The van der Waals surface area contributed by atoms with E-state index in [1.54, 1.807) is 12.4 Å². The third-order valence-electron chi connectivity index (χ3n) is 6.76. The van der Waals surface area contributed by atoms with E-state index in [0.717, 1.165) is 31.8 Å². The molecule has 0 bridgehead atoms. The van der Waals surface area contributed by atoms with Crippen molar-refractivity contribution in [2.24, 2.45) is 5.41 Å². The van der Waals surface area contributed by atoms with Gasteiger partial charge in [-0.1, -0.05) is 25.0 Å². The van der Waals surface area contributed by atoms with Gasteiger partial charge in [0, 0.05) is 25.6 Å². The van der Waals surface area contributed by atoms with Crippen LogP contribution in [0.15, 0.2) is 39.8 Å². The molecule has 2 aromatic heterocycles. The highest BCUT2D eigenvalue weighted by molar-refractivity contribution is 5.80. The lowest BCUT2D eigenvalue weighted by atomic mass is 9.76. The first-order chi connectivity index (χ1) is 14.1. The van der Waals surface area contributed by atoms with Gasteiger partial charge in [0.15, 0.2) is 5.58 Å². The van der Waals surface area contributed by atoms with E-state index < -0.39 is 5.76 Å². The highest BCUT2D eigenvalue weighted by atomic mass is 16.4. The molecule has 152 valence electrons. The van der Waals surface area contributed by atoms with Gasteiger partial charge < -0.3 is 13.9 Å². The van der Waals surface area contributed by atoms with Gasteiger partial charge in [-0.25, -0.2) is 4.79 Å². The predicted molar refractivity (Wildman–Crippen MR) is 106 cm³/mol. The number of amides is 1. The van der Waals surface area contributed by atoms with Crippen molar-refractivity contribution >= 4 is 17.0 Å². The Morgan fingerprint density at radius 1 is 1.28 bits per heavy atom. The lowest BCUT2D eigenvalue weighted by Gasteiger charge is -2.29. The molecule has 1 aliphatic carbocycles. The summed E-state index contributed by atoms with van der Waals surface area (Å²) in [6.07, 6.45) is 6.36. The number of aromatic nitrogens is 4. The molecule has 0 radical (unpaired) electrons. The third kappa shape index (κ3) is 2.89. The monoisotopic (exact) mass is 395 g/mol. The zero-order chi connectivity index (χ0) is 20.0. The minimum atomic E-state index is -0.489. The number of aryl methyl sites for hydroxylation is 1. The fourth-order valence-electron chi connectivity index (χ4n) is 5.28. The lowest BCUT2D eigenvalue weighted by molar-refractivity contribution is -0.131. The third-order valence-corrected chi connectivity index (χ3v) is 6.76. The average Bonchev–Trinajstić information content (AvgIpc) is 3.50. The zero-order valence-electron chi connectivity index (χ0n) is 16.6. The van der Waals surface area contributed by atoms with Gasteiger partial charge in [0.05, 0.1) is 5.52 Å². The molecule has 29 heavy (non-hydrogen) atoms. The molecule has 2 fully saturated rings. The molecule has 3 heterocycles. The summed E-state index contributed by atoms with van der Waals surface area (Å²) < 4.78 is 8.80. The average molecular weight is 395 g/mol. The summed E-state index contributed by atoms with van der Waals surface area (Å²) in [5, 5.41) is 8.54. The highest BCUT2D eigenvalue weighted by Gasteiger charge is 2.51. The molecule has 1 aromatic carbocycles. The van der Waals surface area contributed by atoms with Gasteiger partial charge >= 0.3 is 5.76 Å². The molecule has 8 heteroatoms. The van der Waals surface area contributed by atoms with Crippen molar-refractivity contribution in [1.82, 2.24) is 24.2 Å². The van der Waals surface area contributed by atoms with Crippen molar-refractivity contribution in [2.75, 3.05) is 13.1 Å². The predicted octanol–water partition coefficient (Wildman–Crippen LogP) is 2.39. The van der Waals surface area contributed by atoms with Crippen LogP contribution in [-0.4, -0.2) is 43.2 Å². The van der Waals surface area contributed by atoms with Crippen LogP contribution < -0.4 is 5.76 Å². The Morgan fingerprint density at radius 3 is 2.86 bits per heavy atom. The van der Waals surface area contributed by atoms with Crippen molar-refractivity contribution in [2.45, 2.75) is 51.6 Å². The Labute approximate surface area is 168 Å². The molecule has 8 nitrogen and oxygen atoms in total. The van der Waals surface area contributed by atoms with Gasteiger partial charge in [0.25, 0.3) is 0 Å². The summed E-state index contributed by atoms with van der Waals surface area (Å²) in [4.78, 5) is 27.4. The van der Waals surface area contributed by atoms with Crippen LogP contribution in [0.2, 0.25) is 0 Å². The summed E-state index contributed by atoms with van der Waals surface area (Å²) in [5.74, 6) is 0.636. The highest BCUT2D eigenvalue weighted by Crippen LogP contribution is 2.53. The number of oxazole rings is 1. The summed E-state index contributed by atoms with van der Waals surface area (Å²) in [5.41, 5.74) is 1.23. The minimum Gasteiger partial charge on any atom is -0.408 e. The molecular weight excluding hydrogens is 370 g/mol. The molecular formula is C21H25N5O3. The number of fused-ring (bicyclic) bond motifs is 1. The van der Waals surface area contributed by atoms with E-state index >= 15 is 0 Å². The SMILES string of the molecule is CCn1cnnc1C1CN(C(=O)Cn2c(=O)oc3ccccc32)CC12CCCC2. The summed E-state index contributed by atoms with van der Waals surface area (Å²) in [6, 6.07) is 7.21. The standard InChI is InChI=1S/C21H25N5O3/c1-2-24-14-22-23-19(24)15-11-25(13-21(15)9-5-6-10-21)18(27)12-26-16-7-3-4-8-17(16)29-20(26)28/h3-4,7-8,14-15H,2,5-6,9-13H2,1H3. The molecule has 1 spiro atoms. The number of likely N-dealkylation sites (tertiary alicyclic amines) is 1. The number of para-hydroxylation sites is 2. The number of nitrogens with zero attached hydrogens (tertiary/aromatic N) is 5. The van der Waals surface area contributed by atoms with Crippen LogP contribution in [0.4, 0.5) is 0 Å². The van der Waals surface area contributed by atoms with Crippen LogP contribution >= 0.6 is 0 Å². The number of carbonyl (C=O) groups is 1. The molecule has 0 N–H and O–H groups in total. The number of benzene rings is 1. The van der Waals surface area contributed by atoms with Gasteiger partial charge in [0.1, 0.15) is 18.7 Å². The smallest absolute Gasteiger partial charge is 0.408 e. The fourth-order valence-corrected chi connectivity index (χ4v) is 5.28. The number of hydrogen-bond acceptors (Lipinski definition) is 5. The Hall–Kier alpha value is -2.90. The largest absolute Gasteiger partial charge is 0.420 e. The first kappa shape index (κ1) is 18.1. The van der Waals surface area contributed by atoms with Gasteiger partial charge in [-0.2, -0.15) is 0 Å². The molecule has 3 aromatic rings. The molecule has 1 unspecified atom stereocenters. The molecule has 1 saturated carbocycles. The maximum absolute atomic E-state index is 13.2. The van der Waals surface area contributed by atoms with E-state index in [4.69, 9.17) is 4.42 Å². The summed E-state index contributed by atoms with van der Waals surface area (Å²) in [6.45, 7) is 4.25. The number of rotatable bonds is 4. The lowest BCUT2D eigenvalue weighted by Crippen LogP contribution is -2.35. The van der Waals surface area contributed by atoms with Crippen LogP contribution in [0.5, 0.6) is 0 Å². The van der Waals surface area contributed by atoms with Gasteiger partial charge in [-0.15, -0.1) is 10.2 Å². The van der Waals surface area contributed by atoms with E-state index in [2.05, 4.69) is 21.7 Å². The van der Waals surface area contributed by atoms with E-state index in [1.165, 1.54) is 17.4 Å². The maximum atomic E-state index is 13.2. The van der Waals surface area contributed by atoms with Gasteiger partial charge in [0.2, 0.25) is 5.91 Å². The first-order valence-electron chi connectivity index (χ1n) is 10.4. The first-order valence-corrected chi connectivity index (χ1v) is 10.4. The van der Waals surface area contributed by atoms with Crippen LogP contribution in [0.3, 0.4) is 0 Å². The second-order valence-corrected chi connectivity index (χ2v) is 8.29. The summed E-state index contributed by atoms with van der Waals surface area (Å²) >= 11 is 0. The Balaban J connectivity index is 1.43. The molecule has 1 amide bonds. The van der Waals surface area contributed by atoms with E-state index in [0.29, 0.717) is 17.6 Å². The number of carbonyl (C=O) groups excluding carboxylic acids is 1. The maximum Gasteiger partial charge on any atom is 0.420 e. The van der Waals surface area contributed by atoms with Crippen molar-refractivity contribution in [1.29, 1.82) is 0 Å². The normalized spacial score (nSPS) is 20.9. The van der Waals surface area contributed by atoms with Crippen LogP contribution in [0, 0.1) is 5.41 Å². The minimum absolute atomic E-state index is 0.000878. The van der Waals surface area contributed by atoms with Crippen LogP contribution in [-0.2, 0) is 17.9 Å². The van der Waals surface area contributed by atoms with E-state index in [9.17, 15) is 9.59 Å². The molecule has 5 rings (SSSR count). The van der Waals surface area contributed by atoms with E-state index in [1.807, 2.05) is 23.1 Å². The van der Waals surface area contributed by atoms with Crippen LogP contribution in [0.25, 0.3) is 11.1 Å². The Kier molecular flexibility index (Phi) is 4.29. The topological polar surface area (TPSA) is 86.2 Å². The fraction of sp³-hybridized carbons (Fsp3) is 0.524. The van der Waals surface area contributed by atoms with Crippen LogP contribution in [0.1, 0.15) is 44.3 Å². The van der Waals surface area contributed by atoms with Gasteiger partial charge in [-0.05, 0) is 37.3 Å². The zero-order valence-corrected chi connectivity index (χ0v) is 16.6. The Bertz CT molecular complexity index is 1100. The molecule has 1 atom stereocenters. The second kappa shape index (κ2) is 6.86. The van der Waals surface area contributed by atoms with Crippen molar-refractivity contribution in [3.8, 4) is 0 Å². The van der Waals surface area contributed by atoms with Crippen molar-refractivity contribution in [3.05, 3.63) is 47.0 Å². The summed E-state index contributed by atoms with van der Waals surface area (Å²) in [7, 11) is 0. The molecule has 2 aliphatic rings. The van der Waals surface area contributed by atoms with Crippen molar-refractivity contribution in [3.63, 3.8) is 0 Å². The number of hydrogen-bond donors (Lipinski definition) is 0. The quantitative estimate of drug-likeness (QED) is 0.677. The Morgan fingerprint density at radius 2 is 2.07 bits per heavy atom. The molecule has 1 aliphatic heterocycles. The van der Waals surface area contributed by atoms with Crippen molar-refractivity contribution < 1.29 is 9.21 Å².